The van der Waals surface area contributed by atoms with Crippen LogP contribution in [0.3, 0.4) is 0 Å². The van der Waals surface area contributed by atoms with E-state index < -0.39 is 30.0 Å². The van der Waals surface area contributed by atoms with Gasteiger partial charge in [0.15, 0.2) is 0 Å². The Kier molecular flexibility index (Phi) is 3.22. The zero-order valence-corrected chi connectivity index (χ0v) is 8.06. The summed E-state index contributed by atoms with van der Waals surface area (Å²) < 4.78 is 0. The molecule has 8 heteroatoms. The third-order valence-corrected chi connectivity index (χ3v) is 2.22. The standard InChI is InChI=1S/C7H12N4O4/c1-3-5(12)9-7(15)11(3)2-4(10-8)6(13)14/h3-4,10H,2,8H2,1H3,(H,13,14)(H,9,12,15). The van der Waals surface area contributed by atoms with Crippen LogP contribution < -0.4 is 16.6 Å². The van der Waals surface area contributed by atoms with Gasteiger partial charge in [-0.3, -0.25) is 20.7 Å². The molecule has 84 valence electrons. The molecule has 2 atom stereocenters. The lowest BCUT2D eigenvalue weighted by atomic mass is 10.2. The second-order valence-electron chi connectivity index (χ2n) is 3.18. The Labute approximate surface area is 85.4 Å². The highest BCUT2D eigenvalue weighted by molar-refractivity contribution is 6.04. The summed E-state index contributed by atoms with van der Waals surface area (Å²) in [6.45, 7) is 1.35. The number of carboxylic acids is 1. The molecule has 15 heavy (non-hydrogen) atoms. The van der Waals surface area contributed by atoms with Gasteiger partial charge in [-0.25, -0.2) is 10.2 Å². The van der Waals surface area contributed by atoms with Crippen molar-refractivity contribution in [3.8, 4) is 0 Å². The van der Waals surface area contributed by atoms with E-state index in [1.165, 1.54) is 6.92 Å². The van der Waals surface area contributed by atoms with Gasteiger partial charge in [-0.05, 0) is 6.92 Å². The Hall–Kier alpha value is -1.67. The summed E-state index contributed by atoms with van der Waals surface area (Å²) in [7, 11) is 0. The molecular formula is C7H12N4O4. The van der Waals surface area contributed by atoms with Crippen LogP contribution in [-0.4, -0.2) is 46.5 Å². The van der Waals surface area contributed by atoms with Gasteiger partial charge in [-0.1, -0.05) is 0 Å². The average Bonchev–Trinajstić information content (AvgIpc) is 2.39. The molecule has 1 rings (SSSR count). The number of carbonyl (C=O) groups is 3. The van der Waals surface area contributed by atoms with Crippen LogP contribution in [0, 0.1) is 0 Å². The van der Waals surface area contributed by atoms with Crippen LogP contribution in [0.25, 0.3) is 0 Å². The Balaban J connectivity index is 2.68. The summed E-state index contributed by atoms with van der Waals surface area (Å²) in [5, 5.41) is 10.8. The van der Waals surface area contributed by atoms with Crippen LogP contribution in [0.2, 0.25) is 0 Å². The van der Waals surface area contributed by atoms with Crippen molar-refractivity contribution in [2.45, 2.75) is 19.0 Å². The monoisotopic (exact) mass is 216 g/mol. The first-order chi connectivity index (χ1) is 6.97. The molecule has 1 aliphatic rings. The van der Waals surface area contributed by atoms with Gasteiger partial charge in [0.25, 0.3) is 5.91 Å². The Morgan fingerprint density at radius 1 is 1.73 bits per heavy atom. The van der Waals surface area contributed by atoms with Crippen LogP contribution in [0.15, 0.2) is 0 Å². The maximum absolute atomic E-state index is 11.2. The van der Waals surface area contributed by atoms with Gasteiger partial charge in [0, 0.05) is 0 Å². The molecule has 8 nitrogen and oxygen atoms in total. The number of carbonyl (C=O) groups excluding carboxylic acids is 2. The number of nitrogens with zero attached hydrogens (tertiary/aromatic N) is 1. The average molecular weight is 216 g/mol. The molecule has 0 aromatic heterocycles. The Morgan fingerprint density at radius 2 is 2.33 bits per heavy atom. The minimum Gasteiger partial charge on any atom is -0.480 e. The van der Waals surface area contributed by atoms with E-state index >= 15 is 0 Å². The fraction of sp³-hybridized carbons (Fsp3) is 0.571. The maximum Gasteiger partial charge on any atom is 0.324 e. The predicted octanol–water partition coefficient (Wildman–Crippen LogP) is -2.16. The molecule has 0 radical (unpaired) electrons. The molecule has 2 unspecified atom stereocenters. The SMILES string of the molecule is CC1C(=O)NC(=O)N1CC(NN)C(=O)O. The smallest absolute Gasteiger partial charge is 0.324 e. The molecule has 3 amide bonds. The quantitative estimate of drug-likeness (QED) is 0.241. The number of amides is 3. The van der Waals surface area contributed by atoms with Crippen LogP contribution >= 0.6 is 0 Å². The molecule has 1 saturated heterocycles. The number of hydrogen-bond donors (Lipinski definition) is 4. The fourth-order valence-corrected chi connectivity index (χ4v) is 1.24. The number of hydrazine groups is 1. The highest BCUT2D eigenvalue weighted by Gasteiger charge is 2.37. The molecule has 0 saturated carbocycles. The molecule has 0 aromatic carbocycles. The fourth-order valence-electron chi connectivity index (χ4n) is 1.24. The first kappa shape index (κ1) is 11.4. The normalized spacial score (nSPS) is 22.8. The predicted molar refractivity (Wildman–Crippen MR) is 48.5 cm³/mol. The summed E-state index contributed by atoms with van der Waals surface area (Å²) in [5.41, 5.74) is 2.05. The van der Waals surface area contributed by atoms with E-state index in [9.17, 15) is 14.4 Å². The summed E-state index contributed by atoms with van der Waals surface area (Å²) in [6, 6.07) is -2.37. The number of imide groups is 1. The van der Waals surface area contributed by atoms with Gasteiger partial charge in [-0.15, -0.1) is 0 Å². The largest absolute Gasteiger partial charge is 0.480 e. The van der Waals surface area contributed by atoms with Crippen LogP contribution in [0.5, 0.6) is 0 Å². The van der Waals surface area contributed by atoms with Gasteiger partial charge >= 0.3 is 12.0 Å². The summed E-state index contributed by atoms with van der Waals surface area (Å²) in [4.78, 5) is 34.0. The number of nitrogens with two attached hydrogens (primary N) is 1. The molecule has 0 bridgehead atoms. The van der Waals surface area contributed by atoms with Crippen molar-refractivity contribution in [2.75, 3.05) is 6.54 Å². The first-order valence-corrected chi connectivity index (χ1v) is 4.27. The number of hydrogen-bond acceptors (Lipinski definition) is 5. The van der Waals surface area contributed by atoms with Gasteiger partial charge in [0.05, 0.1) is 6.54 Å². The third-order valence-electron chi connectivity index (χ3n) is 2.22. The number of rotatable bonds is 4. The van der Waals surface area contributed by atoms with E-state index in [0.717, 1.165) is 4.90 Å². The lowest BCUT2D eigenvalue weighted by Crippen LogP contribution is -2.51. The number of aliphatic carboxylic acids is 1. The van der Waals surface area contributed by atoms with Crippen LogP contribution in [0.4, 0.5) is 4.79 Å². The minimum atomic E-state index is -1.18. The van der Waals surface area contributed by atoms with Crippen molar-refractivity contribution in [1.29, 1.82) is 0 Å². The second-order valence-corrected chi connectivity index (χ2v) is 3.18. The highest BCUT2D eigenvalue weighted by atomic mass is 16.4. The summed E-state index contributed by atoms with van der Waals surface area (Å²) in [6.07, 6.45) is 0. The van der Waals surface area contributed by atoms with Crippen molar-refractivity contribution in [3.63, 3.8) is 0 Å². The van der Waals surface area contributed by atoms with Gasteiger partial charge in [0.1, 0.15) is 12.1 Å². The van der Waals surface area contributed by atoms with Crippen molar-refractivity contribution >= 4 is 17.9 Å². The van der Waals surface area contributed by atoms with E-state index in [4.69, 9.17) is 10.9 Å². The Morgan fingerprint density at radius 3 is 2.67 bits per heavy atom. The zero-order chi connectivity index (χ0) is 11.6. The summed E-state index contributed by atoms with van der Waals surface area (Å²) in [5.74, 6) is 3.38. The molecule has 1 aliphatic heterocycles. The number of nitrogens with one attached hydrogen (secondary N) is 2. The van der Waals surface area contributed by atoms with Crippen molar-refractivity contribution in [2.24, 2.45) is 5.84 Å². The van der Waals surface area contributed by atoms with E-state index in [-0.39, 0.29) is 6.54 Å². The second kappa shape index (κ2) is 4.24. The molecular weight excluding hydrogens is 204 g/mol. The summed E-state index contributed by atoms with van der Waals surface area (Å²) >= 11 is 0. The molecule has 0 spiro atoms. The van der Waals surface area contributed by atoms with Crippen molar-refractivity contribution < 1.29 is 19.5 Å². The first-order valence-electron chi connectivity index (χ1n) is 4.27. The lowest BCUT2D eigenvalue weighted by molar-refractivity contribution is -0.140. The molecule has 1 heterocycles. The maximum atomic E-state index is 11.2. The van der Waals surface area contributed by atoms with Crippen LogP contribution in [0.1, 0.15) is 6.92 Å². The molecule has 0 aliphatic carbocycles. The van der Waals surface area contributed by atoms with E-state index in [0.29, 0.717) is 0 Å². The van der Waals surface area contributed by atoms with Gasteiger partial charge < -0.3 is 10.0 Å². The molecule has 1 fully saturated rings. The van der Waals surface area contributed by atoms with E-state index in [1.54, 1.807) is 0 Å². The number of urea groups is 1. The topological polar surface area (TPSA) is 125 Å². The van der Waals surface area contributed by atoms with Gasteiger partial charge in [0.2, 0.25) is 0 Å². The van der Waals surface area contributed by atoms with Crippen molar-refractivity contribution in [3.05, 3.63) is 0 Å². The highest BCUT2D eigenvalue weighted by Crippen LogP contribution is 2.08. The van der Waals surface area contributed by atoms with E-state index in [1.807, 2.05) is 0 Å². The lowest BCUT2D eigenvalue weighted by Gasteiger charge is -2.21. The van der Waals surface area contributed by atoms with E-state index in [2.05, 4.69) is 10.7 Å². The third kappa shape index (κ3) is 2.22. The number of carboxylic acid groups (broad SMARTS) is 1. The molecule has 5 N–H and O–H groups in total. The Bertz CT molecular complexity index is 305. The van der Waals surface area contributed by atoms with Gasteiger partial charge in [-0.2, -0.15) is 0 Å². The molecule has 0 aromatic rings. The van der Waals surface area contributed by atoms with Crippen LogP contribution in [-0.2, 0) is 9.59 Å². The minimum absolute atomic E-state index is 0.162. The van der Waals surface area contributed by atoms with Crippen molar-refractivity contribution in [1.82, 2.24) is 15.6 Å². The zero-order valence-electron chi connectivity index (χ0n) is 8.06.